The van der Waals surface area contributed by atoms with Crippen molar-refractivity contribution in [3.05, 3.63) is 40.0 Å². The van der Waals surface area contributed by atoms with E-state index in [4.69, 9.17) is 16.3 Å². The minimum Gasteiger partial charge on any atom is -0.495 e. The highest BCUT2D eigenvalue weighted by Gasteiger charge is 2.26. The Kier molecular flexibility index (Phi) is 4.99. The molecule has 146 valence electrons. The number of hydrogen-bond donors (Lipinski definition) is 1. The number of nitrogens with one attached hydrogen (secondary N) is 1. The Hall–Kier alpha value is -2.58. The summed E-state index contributed by atoms with van der Waals surface area (Å²) in [5.41, 5.74) is 1.89. The van der Waals surface area contributed by atoms with E-state index in [1.54, 1.807) is 47.9 Å². The van der Waals surface area contributed by atoms with Crippen LogP contribution in [0.4, 0.5) is 16.3 Å². The molecule has 3 heterocycles. The maximum Gasteiger partial charge on any atom is 0.322 e. The molecule has 2 aromatic heterocycles. The van der Waals surface area contributed by atoms with Crippen molar-refractivity contribution in [2.24, 2.45) is 0 Å². The first-order valence-corrected chi connectivity index (χ1v) is 9.99. The third-order valence-electron chi connectivity index (χ3n) is 4.73. The molecule has 1 aliphatic heterocycles. The number of anilines is 2. The summed E-state index contributed by atoms with van der Waals surface area (Å²) in [5, 5.41) is 4.48. The van der Waals surface area contributed by atoms with Crippen molar-refractivity contribution in [1.29, 1.82) is 0 Å². The fourth-order valence-electron chi connectivity index (χ4n) is 3.37. The Morgan fingerprint density at radius 1 is 1.36 bits per heavy atom. The molecule has 2 amide bonds. The van der Waals surface area contributed by atoms with Crippen LogP contribution in [0.3, 0.4) is 0 Å². The van der Waals surface area contributed by atoms with Gasteiger partial charge in [-0.15, -0.1) is 11.3 Å². The van der Waals surface area contributed by atoms with E-state index in [0.29, 0.717) is 29.5 Å². The molecule has 28 heavy (non-hydrogen) atoms. The lowest BCUT2D eigenvalue weighted by Gasteiger charge is -2.27. The molecule has 0 unspecified atom stereocenters. The summed E-state index contributed by atoms with van der Waals surface area (Å²) in [6.07, 6.45) is 2.37. The average molecular weight is 418 g/mol. The van der Waals surface area contributed by atoms with Gasteiger partial charge in [-0.2, -0.15) is 0 Å². The zero-order chi connectivity index (χ0) is 19.8. The van der Waals surface area contributed by atoms with Gasteiger partial charge in [0.15, 0.2) is 0 Å². The van der Waals surface area contributed by atoms with E-state index < -0.39 is 0 Å². The number of urea groups is 1. The zero-order valence-electron chi connectivity index (χ0n) is 15.8. The summed E-state index contributed by atoms with van der Waals surface area (Å²) in [6.45, 7) is 1.19. The lowest BCUT2D eigenvalue weighted by Crippen LogP contribution is -2.38. The molecule has 0 saturated carbocycles. The van der Waals surface area contributed by atoms with Crippen molar-refractivity contribution in [3.63, 3.8) is 0 Å². The van der Waals surface area contributed by atoms with Crippen molar-refractivity contribution in [2.45, 2.75) is 13.0 Å². The first-order valence-electron chi connectivity index (χ1n) is 8.80. The molecule has 7 nitrogen and oxygen atoms in total. The second kappa shape index (κ2) is 7.44. The number of methoxy groups -OCH3 is 1. The largest absolute Gasteiger partial charge is 0.495 e. The van der Waals surface area contributed by atoms with Gasteiger partial charge < -0.3 is 19.9 Å². The third-order valence-corrected chi connectivity index (χ3v) is 6.15. The Morgan fingerprint density at radius 3 is 2.89 bits per heavy atom. The van der Waals surface area contributed by atoms with Crippen molar-refractivity contribution in [2.75, 3.05) is 38.0 Å². The van der Waals surface area contributed by atoms with Crippen molar-refractivity contribution in [3.8, 4) is 5.75 Å². The maximum atomic E-state index is 12.7. The van der Waals surface area contributed by atoms with Crippen LogP contribution >= 0.6 is 22.9 Å². The Balaban J connectivity index is 1.55. The van der Waals surface area contributed by atoms with Crippen molar-refractivity contribution in [1.82, 2.24) is 14.9 Å². The first kappa shape index (κ1) is 18.8. The SMILES string of the molecule is COc1ccc(NC(=O)N2CCc3c(sc4ncnc(N(C)C)c34)C2)cc1Cl. The number of thiophene rings is 1. The molecule has 0 saturated heterocycles. The van der Waals surface area contributed by atoms with Gasteiger partial charge in [0.25, 0.3) is 0 Å². The lowest BCUT2D eigenvalue weighted by atomic mass is 10.1. The first-order chi connectivity index (χ1) is 13.5. The zero-order valence-corrected chi connectivity index (χ0v) is 17.4. The van der Waals surface area contributed by atoms with E-state index in [2.05, 4.69) is 15.3 Å². The number of carbonyl (C=O) groups is 1. The van der Waals surface area contributed by atoms with Crippen LogP contribution in [0.5, 0.6) is 5.75 Å². The number of hydrogen-bond acceptors (Lipinski definition) is 6. The van der Waals surface area contributed by atoms with Gasteiger partial charge in [0.2, 0.25) is 0 Å². The van der Waals surface area contributed by atoms with Gasteiger partial charge in [0, 0.05) is 31.2 Å². The van der Waals surface area contributed by atoms with E-state index >= 15 is 0 Å². The number of ether oxygens (including phenoxy) is 1. The van der Waals surface area contributed by atoms with Gasteiger partial charge in [-0.05, 0) is 30.2 Å². The van der Waals surface area contributed by atoms with Crippen LogP contribution in [-0.2, 0) is 13.0 Å². The molecule has 1 aliphatic rings. The minimum atomic E-state index is -0.150. The fourth-order valence-corrected chi connectivity index (χ4v) is 4.83. The lowest BCUT2D eigenvalue weighted by molar-refractivity contribution is 0.207. The molecule has 0 radical (unpaired) electrons. The minimum absolute atomic E-state index is 0.150. The predicted molar refractivity (Wildman–Crippen MR) is 113 cm³/mol. The number of amides is 2. The predicted octanol–water partition coefficient (Wildman–Crippen LogP) is 4.01. The monoisotopic (exact) mass is 417 g/mol. The molecule has 0 atom stereocenters. The second-order valence-electron chi connectivity index (χ2n) is 6.73. The molecule has 0 fully saturated rings. The van der Waals surface area contributed by atoms with Crippen molar-refractivity contribution >= 4 is 50.7 Å². The highest BCUT2D eigenvalue weighted by Crippen LogP contribution is 2.38. The van der Waals surface area contributed by atoms with E-state index in [1.807, 2.05) is 19.0 Å². The summed E-state index contributed by atoms with van der Waals surface area (Å²) >= 11 is 7.78. The highest BCUT2D eigenvalue weighted by atomic mass is 35.5. The summed E-state index contributed by atoms with van der Waals surface area (Å²) in [6, 6.07) is 5.05. The summed E-state index contributed by atoms with van der Waals surface area (Å²) in [5.74, 6) is 1.50. The Bertz CT molecular complexity index is 1050. The summed E-state index contributed by atoms with van der Waals surface area (Å²) in [7, 11) is 5.52. The molecule has 0 bridgehead atoms. The van der Waals surface area contributed by atoms with Gasteiger partial charge in [-0.25, -0.2) is 14.8 Å². The van der Waals surface area contributed by atoms with Crippen LogP contribution in [0.25, 0.3) is 10.2 Å². The molecule has 0 spiro atoms. The van der Waals surface area contributed by atoms with Crippen LogP contribution < -0.4 is 15.0 Å². The normalized spacial score (nSPS) is 13.4. The Labute approximate surface area is 171 Å². The van der Waals surface area contributed by atoms with Gasteiger partial charge in [0.05, 0.1) is 24.1 Å². The number of rotatable bonds is 3. The number of halogens is 1. The topological polar surface area (TPSA) is 70.6 Å². The smallest absolute Gasteiger partial charge is 0.322 e. The number of carbonyl (C=O) groups excluding carboxylic acids is 1. The number of nitrogens with zero attached hydrogens (tertiary/aromatic N) is 4. The molecule has 1 N–H and O–H groups in total. The number of aromatic nitrogens is 2. The fraction of sp³-hybridized carbons (Fsp3) is 0.316. The molecule has 4 rings (SSSR count). The number of fused-ring (bicyclic) bond motifs is 3. The van der Waals surface area contributed by atoms with Crippen LogP contribution in [0.1, 0.15) is 10.4 Å². The second-order valence-corrected chi connectivity index (χ2v) is 8.22. The number of benzene rings is 1. The quantitative estimate of drug-likeness (QED) is 0.697. The standard InChI is InChI=1S/C19H20ClN5O2S/c1-24(2)17-16-12-6-7-25(9-15(12)28-18(16)22-10-21-17)19(26)23-11-4-5-14(27-3)13(20)8-11/h4-5,8,10H,6-7,9H2,1-3H3,(H,23,26). The van der Waals surface area contributed by atoms with E-state index in [-0.39, 0.29) is 6.03 Å². The van der Waals surface area contributed by atoms with Gasteiger partial charge in [-0.1, -0.05) is 11.6 Å². The molecule has 1 aromatic carbocycles. The molecular weight excluding hydrogens is 398 g/mol. The van der Waals surface area contributed by atoms with Gasteiger partial charge in [0.1, 0.15) is 22.7 Å². The molecule has 0 aliphatic carbocycles. The molecular formula is C19H20ClN5O2S. The van der Waals surface area contributed by atoms with Crippen LogP contribution in [0, 0.1) is 0 Å². The van der Waals surface area contributed by atoms with E-state index in [1.165, 1.54) is 5.56 Å². The maximum absolute atomic E-state index is 12.7. The molecule has 9 heteroatoms. The van der Waals surface area contributed by atoms with Crippen molar-refractivity contribution < 1.29 is 9.53 Å². The van der Waals surface area contributed by atoms with Crippen LogP contribution in [0.15, 0.2) is 24.5 Å². The van der Waals surface area contributed by atoms with E-state index in [9.17, 15) is 4.79 Å². The Morgan fingerprint density at radius 2 is 2.18 bits per heavy atom. The highest BCUT2D eigenvalue weighted by molar-refractivity contribution is 7.19. The summed E-state index contributed by atoms with van der Waals surface area (Å²) < 4.78 is 5.15. The van der Waals surface area contributed by atoms with Crippen LogP contribution in [-0.4, -0.2) is 48.6 Å². The van der Waals surface area contributed by atoms with Gasteiger partial charge in [-0.3, -0.25) is 0 Å². The van der Waals surface area contributed by atoms with Crippen LogP contribution in [0.2, 0.25) is 5.02 Å². The van der Waals surface area contributed by atoms with Gasteiger partial charge >= 0.3 is 6.03 Å². The summed E-state index contributed by atoms with van der Waals surface area (Å²) in [4.78, 5) is 27.5. The third kappa shape index (κ3) is 3.33. The van der Waals surface area contributed by atoms with E-state index in [0.717, 1.165) is 27.3 Å². The average Bonchev–Trinajstić information content (AvgIpc) is 3.05. The molecule has 3 aromatic rings.